The van der Waals surface area contributed by atoms with Gasteiger partial charge in [-0.2, -0.15) is 0 Å². The van der Waals surface area contributed by atoms with Crippen LogP contribution in [0.5, 0.6) is 0 Å². The first kappa shape index (κ1) is 63.8. The summed E-state index contributed by atoms with van der Waals surface area (Å²) in [6.07, 6.45) is -5.07. The van der Waals surface area contributed by atoms with Crippen molar-refractivity contribution >= 4 is 99.2 Å². The van der Waals surface area contributed by atoms with Gasteiger partial charge in [-0.3, -0.25) is 37.5 Å². The molecule has 10 atom stereocenters. The number of ketones is 1. The SMILES string of the molecule is [C-]#[N+]CCOP1(=S)OC[C@H]2O[C@@H](n3cc4c5c(ncnc53)N(C(=O)c3ccccc3)CCC4)[C@H](F)[C@@H]2OP(O)(=S)OC[C@H]2O[C@@H](n3cnc4c(=O)n(CCOCCC(=O)CNC(=O)OCC[Si](C)(C)C)cnc43)[C@H](O1)[C@@H]2O[Si](C)(C)C(C)(C)C. The highest BCUT2D eigenvalue weighted by molar-refractivity contribution is 8.07. The van der Waals surface area contributed by atoms with Crippen molar-refractivity contribution in [3.63, 3.8) is 0 Å². The predicted octanol–water partition coefficient (Wildman–Crippen LogP) is 7.39. The van der Waals surface area contributed by atoms with Gasteiger partial charge in [-0.25, -0.2) is 35.7 Å². The lowest BCUT2D eigenvalue weighted by atomic mass is 10.1. The molecule has 3 fully saturated rings. The van der Waals surface area contributed by atoms with Crippen LogP contribution in [0.4, 0.5) is 15.0 Å². The quantitative estimate of drug-likeness (QED) is 0.0353. The molecule has 0 aliphatic carbocycles. The van der Waals surface area contributed by atoms with Crippen molar-refractivity contribution < 1.29 is 69.7 Å². The molecule has 84 heavy (non-hydrogen) atoms. The van der Waals surface area contributed by atoms with E-state index < -0.39 is 104 Å². The molecule has 5 aromatic rings. The number of rotatable bonds is 19. The fourth-order valence-corrected chi connectivity index (χ4v) is 15.2. The highest BCUT2D eigenvalue weighted by atomic mass is 32.5. The second-order valence-corrected chi connectivity index (χ2v) is 39.6. The van der Waals surface area contributed by atoms with Crippen LogP contribution in [0.2, 0.25) is 43.8 Å². The number of nitrogens with one attached hydrogen (secondary N) is 1. The van der Waals surface area contributed by atoms with Gasteiger partial charge in [-0.15, -0.1) is 0 Å². The Morgan fingerprint density at radius 1 is 0.917 bits per heavy atom. The number of aryl methyl sites for hydroxylation is 1. The van der Waals surface area contributed by atoms with E-state index in [2.05, 4.69) is 49.7 Å². The fraction of sp³-hybridized carbons (Fsp3) is 0.596. The Labute approximate surface area is 497 Å². The number of ether oxygens (including phenoxy) is 4. The van der Waals surface area contributed by atoms with E-state index in [1.807, 2.05) is 39.9 Å². The van der Waals surface area contributed by atoms with Crippen LogP contribution in [-0.4, -0.2) is 169 Å². The van der Waals surface area contributed by atoms with Gasteiger partial charge in [0.15, 0.2) is 43.9 Å². The molecule has 0 saturated carbocycles. The number of anilines is 1. The summed E-state index contributed by atoms with van der Waals surface area (Å²) in [7, 11) is -4.20. The van der Waals surface area contributed by atoms with E-state index in [9.17, 15) is 24.1 Å². The molecule has 8 heterocycles. The van der Waals surface area contributed by atoms with E-state index in [-0.39, 0.29) is 79.4 Å². The molecule has 4 aliphatic heterocycles. The van der Waals surface area contributed by atoms with Crippen molar-refractivity contribution in [1.82, 2.24) is 39.0 Å². The zero-order valence-electron chi connectivity index (χ0n) is 48.0. The van der Waals surface area contributed by atoms with Gasteiger partial charge in [-0.05, 0) is 78.3 Å². The minimum atomic E-state index is -4.43. The molecule has 0 spiro atoms. The second kappa shape index (κ2) is 26.4. The Balaban J connectivity index is 0.971. The highest BCUT2D eigenvalue weighted by Gasteiger charge is 2.56. The molecule has 2 bridgehead atoms. The van der Waals surface area contributed by atoms with Crippen LogP contribution in [0.1, 0.15) is 62.0 Å². The van der Waals surface area contributed by atoms with E-state index in [1.54, 1.807) is 35.4 Å². The Kier molecular flexibility index (Phi) is 20.0. The Hall–Kier alpha value is -4.65. The molecule has 0 radical (unpaired) electrons. The van der Waals surface area contributed by atoms with Crippen LogP contribution in [0.3, 0.4) is 0 Å². The number of carbonyl (C=O) groups is 3. The lowest BCUT2D eigenvalue weighted by Crippen LogP contribution is -2.50. The lowest BCUT2D eigenvalue weighted by molar-refractivity contribution is -0.119. The van der Waals surface area contributed by atoms with Crippen molar-refractivity contribution in [3.8, 4) is 0 Å². The predicted molar refractivity (Wildman–Crippen MR) is 318 cm³/mol. The number of fused-ring (bicyclic) bond motifs is 4. The Morgan fingerprint density at radius 3 is 2.40 bits per heavy atom. The first-order valence-corrected chi connectivity index (χ1v) is 39.4. The number of nitrogens with zero attached hydrogens (tertiary/aromatic N) is 9. The number of halogens is 1. The first-order valence-electron chi connectivity index (χ1n) is 27.6. The maximum Gasteiger partial charge on any atom is 0.407 e. The topological polar surface area (TPSA) is 267 Å². The number of aromatic nitrogens is 7. The molecule has 2 N–H and O–H groups in total. The van der Waals surface area contributed by atoms with Crippen molar-refractivity contribution in [2.45, 2.75) is 140 Å². The summed E-state index contributed by atoms with van der Waals surface area (Å²) in [6.45, 7) is 14.8. The average Bonchev–Trinajstić information content (AvgIpc) is 1.87. The van der Waals surface area contributed by atoms with Crippen molar-refractivity contribution in [1.29, 1.82) is 0 Å². The van der Waals surface area contributed by atoms with Crippen molar-refractivity contribution in [2.24, 2.45) is 0 Å². The lowest BCUT2D eigenvalue weighted by Gasteiger charge is -2.41. The average molecular weight is 1280 g/mol. The van der Waals surface area contributed by atoms with Crippen LogP contribution >= 0.6 is 13.4 Å². The van der Waals surface area contributed by atoms with E-state index >= 15 is 4.39 Å². The summed E-state index contributed by atoms with van der Waals surface area (Å²) in [5.74, 6) is -0.160. The zero-order chi connectivity index (χ0) is 60.4. The monoisotopic (exact) mass is 1280 g/mol. The van der Waals surface area contributed by atoms with Gasteiger partial charge >= 0.3 is 19.5 Å². The standard InChI is InChI=1S/C52H71FN10O15P2S2Si2/c1-52(2,3)84(8,9)78-42-37-28-72-79(68,81)76-41-36(74-49(39(41)53)62-27-34-16-13-19-61(44-38(34)45(62)57-30-56-44)47(65)33-14-11-10-12-15-33)29-73-80(82,71-22-18-54-4)77-43(42)50(75-37)63-32-58-40-46(63)59-31-60(48(40)66)20-23-69-21-17-35(64)26-55-51(67)70-24-25-83(5,6)7/h10-12,14-15,27,30-32,36-37,39,41-43,49-50H,13,16-26,28-29H2,1-3,5-9H3,(H,55,67)(H,68,81)/t36-,37-,39-,41-,42-,43-,49-,50-,79?,80?/m1/s1. The van der Waals surface area contributed by atoms with Crippen molar-refractivity contribution in [2.75, 3.05) is 64.2 Å². The molecular weight excluding hydrogens is 1210 g/mol. The summed E-state index contributed by atoms with van der Waals surface area (Å²) < 4.78 is 84.9. The first-order chi connectivity index (χ1) is 39.8. The summed E-state index contributed by atoms with van der Waals surface area (Å²) in [4.78, 5) is 87.6. The third-order valence-corrected chi connectivity index (χ3v) is 25.3. The Bertz CT molecular complexity index is 3420. The van der Waals surface area contributed by atoms with E-state index in [4.69, 9.17) is 76.2 Å². The molecule has 4 aromatic heterocycles. The minimum Gasteiger partial charge on any atom is -0.450 e. The maximum absolute atomic E-state index is 17.5. The van der Waals surface area contributed by atoms with E-state index in [1.165, 1.54) is 32.7 Å². The number of alkyl carbamates (subject to hydrolysis) is 1. The molecule has 2 unspecified atom stereocenters. The number of amides is 2. The number of hydrogen-bond donors (Lipinski definition) is 2. The summed E-state index contributed by atoms with van der Waals surface area (Å²) in [5, 5.41) is 2.62. The van der Waals surface area contributed by atoms with Gasteiger partial charge in [0.1, 0.15) is 61.2 Å². The van der Waals surface area contributed by atoms with Crippen LogP contribution in [-0.2, 0) is 87.4 Å². The summed E-state index contributed by atoms with van der Waals surface area (Å²) in [5.41, 5.74) is 1.02. The normalized spacial score (nSPS) is 26.8. The van der Waals surface area contributed by atoms with Gasteiger partial charge in [-0.1, -0.05) is 58.6 Å². The van der Waals surface area contributed by atoms with Gasteiger partial charge in [0.25, 0.3) is 11.5 Å². The molecule has 1 aromatic carbocycles. The van der Waals surface area contributed by atoms with Gasteiger partial charge < -0.3 is 56.6 Å². The molecule has 9 rings (SSSR count). The van der Waals surface area contributed by atoms with Gasteiger partial charge in [0.05, 0.1) is 57.8 Å². The maximum atomic E-state index is 17.5. The number of alkyl halides is 1. The van der Waals surface area contributed by atoms with E-state index in [0.29, 0.717) is 42.8 Å². The smallest absolute Gasteiger partial charge is 0.407 e. The largest absolute Gasteiger partial charge is 0.450 e. The molecule has 25 nitrogen and oxygen atoms in total. The number of hydrogen-bond acceptors (Lipinski definition) is 20. The summed E-state index contributed by atoms with van der Waals surface area (Å²) >= 11 is 11.8. The minimum absolute atomic E-state index is 0.0185. The Morgan fingerprint density at radius 2 is 1.67 bits per heavy atom. The van der Waals surface area contributed by atoms with Crippen LogP contribution in [0.15, 0.2) is 60.3 Å². The highest BCUT2D eigenvalue weighted by Crippen LogP contribution is 2.58. The van der Waals surface area contributed by atoms with Crippen LogP contribution in [0, 0.1) is 6.57 Å². The number of Topliss-reactive ketones (excluding diaryl/α,β-unsaturated/α-hetero) is 1. The van der Waals surface area contributed by atoms with Gasteiger partial charge in [0.2, 0.25) is 6.54 Å². The number of imidazole rings is 1. The number of carbonyl (C=O) groups excluding carboxylic acids is 3. The molecular formula is C52H71FN10O15P2S2Si2. The second-order valence-electron chi connectivity index (χ2n) is 23.4. The fourth-order valence-electron chi connectivity index (χ4n) is 9.68. The molecule has 32 heteroatoms. The summed E-state index contributed by atoms with van der Waals surface area (Å²) in [6, 6.07) is 9.64. The third-order valence-electron chi connectivity index (χ3n) is 15.2. The van der Waals surface area contributed by atoms with Crippen molar-refractivity contribution in [3.05, 3.63) is 88.4 Å². The molecule has 4 aliphatic rings. The van der Waals surface area contributed by atoms with E-state index in [0.717, 1.165) is 11.6 Å². The molecule has 456 valence electrons. The number of benzene rings is 1. The molecule has 2 amide bonds. The van der Waals surface area contributed by atoms with Gasteiger partial charge in [0, 0.05) is 32.8 Å². The van der Waals surface area contributed by atoms with Crippen LogP contribution < -0.4 is 15.8 Å². The zero-order valence-corrected chi connectivity index (χ0v) is 53.4. The third kappa shape index (κ3) is 14.7. The van der Waals surface area contributed by atoms with Crippen LogP contribution in [0.25, 0.3) is 27.0 Å². The molecule has 3 saturated heterocycles.